The van der Waals surface area contributed by atoms with E-state index in [9.17, 15) is 24.9 Å². The number of carboxylic acids is 1. The van der Waals surface area contributed by atoms with E-state index < -0.39 is 30.4 Å². The molecule has 0 radical (unpaired) electrons. The third-order valence-corrected chi connectivity index (χ3v) is 6.44. The SMILES string of the molecule is CCC(C)C(=O)O[C@H]1C[C@H](O)C=C2C=C[C@H](C)[C@H](CCC(O)CC(O)CC(=O)O)[C@H]21.[H-].[K+]. The maximum atomic E-state index is 12.4. The van der Waals surface area contributed by atoms with Gasteiger partial charge < -0.3 is 26.6 Å². The summed E-state index contributed by atoms with van der Waals surface area (Å²) in [5.41, 5.74) is 0.958. The summed E-state index contributed by atoms with van der Waals surface area (Å²) in [5, 5.41) is 39.1. The first-order valence-electron chi connectivity index (χ1n) is 11.0. The third-order valence-electron chi connectivity index (χ3n) is 6.44. The molecule has 0 spiro atoms. The van der Waals surface area contributed by atoms with E-state index >= 15 is 0 Å². The minimum atomic E-state index is -1.10. The number of fused-ring (bicyclic) bond motifs is 1. The Hall–Kier alpha value is -0.0636. The van der Waals surface area contributed by atoms with Gasteiger partial charge in [-0.1, -0.05) is 39.0 Å². The third kappa shape index (κ3) is 8.66. The number of esters is 1. The van der Waals surface area contributed by atoms with Crippen LogP contribution in [-0.4, -0.2) is 56.8 Å². The van der Waals surface area contributed by atoms with E-state index in [-0.39, 0.29) is 95.3 Å². The number of aliphatic carboxylic acids is 1. The van der Waals surface area contributed by atoms with Crippen molar-refractivity contribution >= 4 is 11.9 Å². The Morgan fingerprint density at radius 2 is 1.97 bits per heavy atom. The predicted molar refractivity (Wildman–Crippen MR) is 113 cm³/mol. The van der Waals surface area contributed by atoms with Crippen LogP contribution >= 0.6 is 0 Å². The van der Waals surface area contributed by atoms with Gasteiger partial charge in [0.05, 0.1) is 30.7 Å². The summed E-state index contributed by atoms with van der Waals surface area (Å²) in [6, 6.07) is 0. The summed E-state index contributed by atoms with van der Waals surface area (Å²) < 4.78 is 5.84. The van der Waals surface area contributed by atoms with Crippen molar-refractivity contribution < 1.29 is 87.6 Å². The quantitative estimate of drug-likeness (QED) is 0.255. The Bertz CT molecular complexity index is 669. The fourth-order valence-corrected chi connectivity index (χ4v) is 4.52. The van der Waals surface area contributed by atoms with Crippen LogP contribution in [0.2, 0.25) is 0 Å². The minimum Gasteiger partial charge on any atom is -1.00 e. The molecule has 4 N–H and O–H groups in total. The number of carbonyl (C=O) groups is 2. The van der Waals surface area contributed by atoms with Crippen molar-refractivity contribution in [2.45, 2.75) is 83.7 Å². The molecule has 172 valence electrons. The molecule has 8 atom stereocenters. The molecule has 2 aliphatic rings. The molecule has 0 aromatic rings. The molecule has 31 heavy (non-hydrogen) atoms. The van der Waals surface area contributed by atoms with Gasteiger partial charge in [-0.15, -0.1) is 0 Å². The van der Waals surface area contributed by atoms with Crippen molar-refractivity contribution in [3.8, 4) is 0 Å². The van der Waals surface area contributed by atoms with Crippen LogP contribution in [0.15, 0.2) is 23.8 Å². The Morgan fingerprint density at radius 1 is 1.29 bits per heavy atom. The van der Waals surface area contributed by atoms with Gasteiger partial charge in [0.15, 0.2) is 0 Å². The Balaban J connectivity index is 0.00000480. The standard InChI is InChI=1S/C23H36O7.K.H/c1-4-13(2)23(29)30-20-11-17(25)9-15-6-5-14(3)19(22(15)20)8-7-16(24)10-18(26)12-21(27)28;;/h5-6,9,13-14,16-20,22,24-26H,4,7-8,10-12H2,1-3H3,(H,27,28);;/q;+1;-1/t13?,14-,16?,17+,18?,19-,20-,22-;;/m0../s1. The topological polar surface area (TPSA) is 124 Å². The number of rotatable bonds is 10. The number of carboxylic acid groups (broad SMARTS) is 1. The molecule has 0 amide bonds. The maximum absolute atomic E-state index is 12.4. The molecule has 3 unspecified atom stereocenters. The van der Waals surface area contributed by atoms with Crippen molar-refractivity contribution in [3.05, 3.63) is 23.8 Å². The number of ether oxygens (including phenoxy) is 1. The predicted octanol–water partition coefficient (Wildman–Crippen LogP) is -0.443. The molecular weight excluding hydrogens is 427 g/mol. The molecule has 0 fully saturated rings. The van der Waals surface area contributed by atoms with Crippen LogP contribution in [0.25, 0.3) is 0 Å². The number of allylic oxidation sites excluding steroid dienone is 2. The molecule has 0 saturated heterocycles. The first kappa shape index (κ1) is 29.0. The number of hydrogen-bond acceptors (Lipinski definition) is 6. The maximum Gasteiger partial charge on any atom is 1.00 e. The number of carbonyl (C=O) groups excluding carboxylic acids is 1. The number of aliphatic hydroxyl groups excluding tert-OH is 3. The Morgan fingerprint density at radius 3 is 2.58 bits per heavy atom. The van der Waals surface area contributed by atoms with E-state index in [1.165, 1.54) is 0 Å². The molecule has 0 saturated carbocycles. The molecule has 0 heterocycles. The van der Waals surface area contributed by atoms with E-state index in [4.69, 9.17) is 9.84 Å². The molecule has 2 rings (SSSR count). The molecule has 0 aliphatic heterocycles. The van der Waals surface area contributed by atoms with Gasteiger partial charge in [-0.25, -0.2) is 0 Å². The number of hydrogen-bond donors (Lipinski definition) is 4. The second kappa shape index (κ2) is 13.6. The summed E-state index contributed by atoms with van der Waals surface area (Å²) in [4.78, 5) is 23.1. The van der Waals surface area contributed by atoms with Gasteiger partial charge in [0, 0.05) is 12.3 Å². The summed E-state index contributed by atoms with van der Waals surface area (Å²) >= 11 is 0. The average molecular weight is 465 g/mol. The van der Waals surface area contributed by atoms with E-state index in [2.05, 4.69) is 13.0 Å². The largest absolute Gasteiger partial charge is 1.00 e. The normalized spacial score (nSPS) is 30.3. The molecular formula is C23H37KO7. The summed E-state index contributed by atoms with van der Waals surface area (Å²) in [6.45, 7) is 5.85. The number of aliphatic hydroxyl groups is 3. The second-order valence-electron chi connectivity index (χ2n) is 8.88. The van der Waals surface area contributed by atoms with Crippen LogP contribution < -0.4 is 51.4 Å². The fraction of sp³-hybridized carbons (Fsp3) is 0.739. The van der Waals surface area contributed by atoms with Crippen molar-refractivity contribution in [2.75, 3.05) is 0 Å². The molecule has 0 aromatic carbocycles. The van der Waals surface area contributed by atoms with Crippen LogP contribution in [0.5, 0.6) is 0 Å². The smallest absolute Gasteiger partial charge is 1.00 e. The van der Waals surface area contributed by atoms with Gasteiger partial charge in [0.2, 0.25) is 0 Å². The van der Waals surface area contributed by atoms with E-state index in [1.54, 1.807) is 0 Å². The molecule has 7 nitrogen and oxygen atoms in total. The van der Waals surface area contributed by atoms with Crippen molar-refractivity contribution in [2.24, 2.45) is 23.7 Å². The zero-order chi connectivity index (χ0) is 22.4. The molecule has 8 heteroatoms. The average Bonchev–Trinajstić information content (AvgIpc) is 2.65. The zero-order valence-corrected chi connectivity index (χ0v) is 22.2. The first-order valence-corrected chi connectivity index (χ1v) is 11.0. The van der Waals surface area contributed by atoms with Crippen LogP contribution in [0.3, 0.4) is 0 Å². The summed E-state index contributed by atoms with van der Waals surface area (Å²) in [5.74, 6) is -1.31. The minimum absolute atomic E-state index is 0. The van der Waals surface area contributed by atoms with Crippen LogP contribution in [0.4, 0.5) is 0 Å². The van der Waals surface area contributed by atoms with Gasteiger partial charge in [-0.2, -0.15) is 0 Å². The van der Waals surface area contributed by atoms with E-state index in [1.807, 2.05) is 26.0 Å². The van der Waals surface area contributed by atoms with Crippen LogP contribution in [0, 0.1) is 23.7 Å². The monoisotopic (exact) mass is 464 g/mol. The van der Waals surface area contributed by atoms with Gasteiger partial charge in [0.25, 0.3) is 0 Å². The summed E-state index contributed by atoms with van der Waals surface area (Å²) in [7, 11) is 0. The second-order valence-corrected chi connectivity index (χ2v) is 8.88. The Labute approximate surface area is 228 Å². The van der Waals surface area contributed by atoms with Crippen molar-refractivity contribution in [1.82, 2.24) is 0 Å². The van der Waals surface area contributed by atoms with Gasteiger partial charge >= 0.3 is 63.3 Å². The summed E-state index contributed by atoms with van der Waals surface area (Å²) in [6.07, 6.45) is 4.64. The van der Waals surface area contributed by atoms with Crippen molar-refractivity contribution in [1.29, 1.82) is 0 Å². The van der Waals surface area contributed by atoms with E-state index in [0.29, 0.717) is 25.7 Å². The molecule has 0 aromatic heterocycles. The van der Waals surface area contributed by atoms with E-state index in [0.717, 1.165) is 5.57 Å². The molecule has 2 aliphatic carbocycles. The molecule has 0 bridgehead atoms. The van der Waals surface area contributed by atoms with Crippen LogP contribution in [0.1, 0.15) is 60.7 Å². The van der Waals surface area contributed by atoms with Gasteiger partial charge in [0.1, 0.15) is 6.10 Å². The van der Waals surface area contributed by atoms with Gasteiger partial charge in [-0.3, -0.25) is 9.59 Å². The Kier molecular flexibility index (Phi) is 12.7. The van der Waals surface area contributed by atoms with Crippen molar-refractivity contribution in [3.63, 3.8) is 0 Å². The zero-order valence-electron chi connectivity index (χ0n) is 20.1. The fourth-order valence-electron chi connectivity index (χ4n) is 4.52. The first-order chi connectivity index (χ1) is 14.1. The van der Waals surface area contributed by atoms with Gasteiger partial charge in [-0.05, 0) is 43.1 Å². The van der Waals surface area contributed by atoms with Crippen LogP contribution in [-0.2, 0) is 14.3 Å².